The highest BCUT2D eigenvalue weighted by Crippen LogP contribution is 2.13. The highest BCUT2D eigenvalue weighted by Gasteiger charge is 2.03. The van der Waals surface area contributed by atoms with Crippen molar-refractivity contribution in [2.75, 3.05) is 5.73 Å². The standard InChI is InChI=1S/C12H10FN3/c13-10-4-9(5-11(15)6-10)8-16-3-1-2-12(16)7-14/h1-6H,8,15H2. The van der Waals surface area contributed by atoms with Gasteiger partial charge in [0.1, 0.15) is 17.6 Å². The number of nitriles is 1. The number of nitrogens with two attached hydrogens (primary N) is 1. The molecule has 16 heavy (non-hydrogen) atoms. The Balaban J connectivity index is 2.31. The summed E-state index contributed by atoms with van der Waals surface area (Å²) in [4.78, 5) is 0. The number of halogens is 1. The number of aromatic nitrogens is 1. The van der Waals surface area contributed by atoms with E-state index in [0.29, 0.717) is 17.9 Å². The summed E-state index contributed by atoms with van der Waals surface area (Å²) < 4.78 is 14.8. The quantitative estimate of drug-likeness (QED) is 0.780. The van der Waals surface area contributed by atoms with Gasteiger partial charge in [0, 0.05) is 18.4 Å². The lowest BCUT2D eigenvalue weighted by atomic mass is 10.2. The predicted octanol–water partition coefficient (Wildman–Crippen LogP) is 2.13. The van der Waals surface area contributed by atoms with E-state index < -0.39 is 0 Å². The second-order valence-electron chi connectivity index (χ2n) is 3.53. The first-order valence-electron chi connectivity index (χ1n) is 4.79. The molecule has 0 radical (unpaired) electrons. The minimum Gasteiger partial charge on any atom is -0.399 e. The zero-order valence-electron chi connectivity index (χ0n) is 8.52. The van der Waals surface area contributed by atoms with E-state index in [4.69, 9.17) is 11.0 Å². The number of hydrogen-bond donors (Lipinski definition) is 1. The van der Waals surface area contributed by atoms with Gasteiger partial charge in [-0.05, 0) is 35.9 Å². The topological polar surface area (TPSA) is 54.7 Å². The van der Waals surface area contributed by atoms with E-state index >= 15 is 0 Å². The molecule has 3 nitrogen and oxygen atoms in total. The van der Waals surface area contributed by atoms with Crippen molar-refractivity contribution < 1.29 is 4.39 Å². The molecule has 0 fully saturated rings. The van der Waals surface area contributed by atoms with Crippen LogP contribution in [0, 0.1) is 17.1 Å². The Kier molecular flexibility index (Phi) is 2.61. The van der Waals surface area contributed by atoms with Crippen LogP contribution in [-0.4, -0.2) is 4.57 Å². The number of hydrogen-bond acceptors (Lipinski definition) is 2. The molecule has 2 N–H and O–H groups in total. The van der Waals surface area contributed by atoms with Crippen molar-refractivity contribution in [2.24, 2.45) is 0 Å². The highest BCUT2D eigenvalue weighted by molar-refractivity contribution is 5.41. The molecule has 2 aromatic rings. The maximum Gasteiger partial charge on any atom is 0.125 e. The second kappa shape index (κ2) is 4.07. The van der Waals surface area contributed by atoms with Gasteiger partial charge in [-0.3, -0.25) is 0 Å². The van der Waals surface area contributed by atoms with E-state index in [2.05, 4.69) is 6.07 Å². The summed E-state index contributed by atoms with van der Waals surface area (Å²) in [6, 6.07) is 9.93. The molecule has 2 rings (SSSR count). The molecule has 1 aromatic heterocycles. The average molecular weight is 215 g/mol. The lowest BCUT2D eigenvalue weighted by Crippen LogP contribution is -2.02. The van der Waals surface area contributed by atoms with Gasteiger partial charge in [-0.2, -0.15) is 5.26 Å². The molecule has 1 aromatic carbocycles. The molecule has 1 heterocycles. The van der Waals surface area contributed by atoms with E-state index in [9.17, 15) is 4.39 Å². The van der Waals surface area contributed by atoms with Crippen molar-refractivity contribution in [1.82, 2.24) is 4.57 Å². The van der Waals surface area contributed by atoms with Crippen molar-refractivity contribution in [1.29, 1.82) is 5.26 Å². The number of anilines is 1. The fraction of sp³-hybridized carbons (Fsp3) is 0.0833. The highest BCUT2D eigenvalue weighted by atomic mass is 19.1. The smallest absolute Gasteiger partial charge is 0.125 e. The first-order chi connectivity index (χ1) is 7.69. The fourth-order valence-electron chi connectivity index (χ4n) is 1.62. The summed E-state index contributed by atoms with van der Waals surface area (Å²) in [5.74, 6) is -0.360. The molecule has 0 unspecified atom stereocenters. The molecule has 0 aliphatic rings. The summed E-state index contributed by atoms with van der Waals surface area (Å²) in [6.45, 7) is 0.442. The summed E-state index contributed by atoms with van der Waals surface area (Å²) >= 11 is 0. The van der Waals surface area contributed by atoms with Crippen LogP contribution < -0.4 is 5.73 Å². The molecule has 0 aliphatic heterocycles. The Morgan fingerprint density at radius 3 is 2.88 bits per heavy atom. The van der Waals surface area contributed by atoms with E-state index in [-0.39, 0.29) is 5.82 Å². The fourth-order valence-corrected chi connectivity index (χ4v) is 1.62. The number of nitrogens with zero attached hydrogens (tertiary/aromatic N) is 2. The van der Waals surface area contributed by atoms with Crippen molar-refractivity contribution in [3.8, 4) is 6.07 Å². The van der Waals surface area contributed by atoms with Gasteiger partial charge in [0.05, 0.1) is 0 Å². The van der Waals surface area contributed by atoms with Crippen molar-refractivity contribution in [2.45, 2.75) is 6.54 Å². The van der Waals surface area contributed by atoms with Gasteiger partial charge < -0.3 is 10.3 Å². The van der Waals surface area contributed by atoms with E-state index in [1.54, 1.807) is 29.0 Å². The first-order valence-corrected chi connectivity index (χ1v) is 4.79. The number of benzene rings is 1. The second-order valence-corrected chi connectivity index (χ2v) is 3.53. The lowest BCUT2D eigenvalue weighted by molar-refractivity contribution is 0.624. The van der Waals surface area contributed by atoms with Crippen molar-refractivity contribution in [3.63, 3.8) is 0 Å². The molecule has 0 saturated heterocycles. The Labute approximate surface area is 92.5 Å². The first kappa shape index (κ1) is 10.2. The molecule has 0 bridgehead atoms. The third-order valence-electron chi connectivity index (χ3n) is 2.28. The molecular formula is C12H10FN3. The molecule has 0 atom stereocenters. The van der Waals surface area contributed by atoms with Crippen LogP contribution in [0.5, 0.6) is 0 Å². The van der Waals surface area contributed by atoms with Crippen LogP contribution in [-0.2, 0) is 6.54 Å². The summed E-state index contributed by atoms with van der Waals surface area (Å²) in [5, 5.41) is 8.82. The van der Waals surface area contributed by atoms with Crippen molar-refractivity contribution in [3.05, 3.63) is 53.6 Å². The van der Waals surface area contributed by atoms with Gasteiger partial charge in [0.25, 0.3) is 0 Å². The average Bonchev–Trinajstić information content (AvgIpc) is 2.63. The third-order valence-corrected chi connectivity index (χ3v) is 2.28. The van der Waals surface area contributed by atoms with Gasteiger partial charge in [-0.1, -0.05) is 0 Å². The monoisotopic (exact) mass is 215 g/mol. The van der Waals surface area contributed by atoms with Crippen LogP contribution in [0.4, 0.5) is 10.1 Å². The van der Waals surface area contributed by atoms with Gasteiger partial charge >= 0.3 is 0 Å². The van der Waals surface area contributed by atoms with Crippen LogP contribution in [0.1, 0.15) is 11.3 Å². The lowest BCUT2D eigenvalue weighted by Gasteiger charge is -2.06. The number of rotatable bonds is 2. The van der Waals surface area contributed by atoms with Gasteiger partial charge in [-0.25, -0.2) is 4.39 Å². The minimum atomic E-state index is -0.360. The maximum atomic E-state index is 13.1. The Morgan fingerprint density at radius 1 is 1.38 bits per heavy atom. The zero-order valence-corrected chi connectivity index (χ0v) is 8.52. The van der Waals surface area contributed by atoms with Crippen LogP contribution >= 0.6 is 0 Å². The molecule has 0 spiro atoms. The van der Waals surface area contributed by atoms with Crippen LogP contribution in [0.25, 0.3) is 0 Å². The predicted molar refractivity (Wildman–Crippen MR) is 59.1 cm³/mol. The minimum absolute atomic E-state index is 0.360. The van der Waals surface area contributed by atoms with Crippen LogP contribution in [0.2, 0.25) is 0 Å². The van der Waals surface area contributed by atoms with Crippen LogP contribution in [0.15, 0.2) is 36.5 Å². The largest absolute Gasteiger partial charge is 0.399 e. The molecular weight excluding hydrogens is 205 g/mol. The SMILES string of the molecule is N#Cc1cccn1Cc1cc(N)cc(F)c1. The normalized spacial score (nSPS) is 10.0. The Hall–Kier alpha value is -2.28. The number of nitrogen functional groups attached to an aromatic ring is 1. The van der Waals surface area contributed by atoms with Gasteiger partial charge in [0.15, 0.2) is 0 Å². The zero-order chi connectivity index (χ0) is 11.5. The molecule has 0 aliphatic carbocycles. The maximum absolute atomic E-state index is 13.1. The molecule has 0 saturated carbocycles. The molecule has 4 heteroatoms. The van der Waals surface area contributed by atoms with Crippen molar-refractivity contribution >= 4 is 5.69 Å². The van der Waals surface area contributed by atoms with E-state index in [1.165, 1.54) is 12.1 Å². The third kappa shape index (κ3) is 2.04. The van der Waals surface area contributed by atoms with Gasteiger partial charge in [-0.15, -0.1) is 0 Å². The van der Waals surface area contributed by atoms with E-state index in [0.717, 1.165) is 5.56 Å². The van der Waals surface area contributed by atoms with Crippen LogP contribution in [0.3, 0.4) is 0 Å². The summed E-state index contributed by atoms with van der Waals surface area (Å²) in [5.41, 5.74) is 7.22. The summed E-state index contributed by atoms with van der Waals surface area (Å²) in [7, 11) is 0. The van der Waals surface area contributed by atoms with E-state index in [1.807, 2.05) is 0 Å². The Bertz CT molecular complexity index is 531. The molecule has 0 amide bonds. The Morgan fingerprint density at radius 2 is 2.19 bits per heavy atom. The molecule has 80 valence electrons. The van der Waals surface area contributed by atoms with Gasteiger partial charge in [0.2, 0.25) is 0 Å². The summed E-state index contributed by atoms with van der Waals surface area (Å²) in [6.07, 6.45) is 1.78.